The van der Waals surface area contributed by atoms with Gasteiger partial charge in [0, 0.05) is 10.9 Å². The zero-order valence-electron chi connectivity index (χ0n) is 9.68. The van der Waals surface area contributed by atoms with Crippen LogP contribution < -0.4 is 0 Å². The fourth-order valence-corrected chi connectivity index (χ4v) is 2.01. The zero-order valence-corrected chi connectivity index (χ0v) is 9.68. The first kappa shape index (κ1) is 11.5. The predicted molar refractivity (Wildman–Crippen MR) is 66.4 cm³/mol. The van der Waals surface area contributed by atoms with Crippen molar-refractivity contribution in [3.63, 3.8) is 0 Å². The van der Waals surface area contributed by atoms with Crippen LogP contribution in [-0.2, 0) is 0 Å². The Morgan fingerprint density at radius 3 is 2.47 bits per heavy atom. The molecule has 0 unspecified atom stereocenters. The molecule has 3 aromatic rings. The molecule has 2 aromatic carbocycles. The number of para-hydroxylation sites is 1. The summed E-state index contributed by atoms with van der Waals surface area (Å²) in [7, 11) is 0. The molecule has 0 saturated carbocycles. The molecule has 1 heterocycles. The second-order valence-electron chi connectivity index (χ2n) is 4.07. The Kier molecular flexibility index (Phi) is 2.59. The number of aldehydes is 1. The van der Waals surface area contributed by atoms with E-state index in [1.54, 1.807) is 18.2 Å². The molecule has 1 aromatic heterocycles. The summed E-state index contributed by atoms with van der Waals surface area (Å²) in [6.07, 6.45) is 1.93. The maximum Gasteiger partial charge on any atom is 0.152 e. The summed E-state index contributed by atoms with van der Waals surface area (Å²) >= 11 is 0. The summed E-state index contributed by atoms with van der Waals surface area (Å²) < 4.78 is 29.0. The van der Waals surface area contributed by atoms with Crippen molar-refractivity contribution in [2.75, 3.05) is 0 Å². The molecule has 0 amide bonds. The number of fused-ring (bicyclic) bond motifs is 1. The van der Waals surface area contributed by atoms with Gasteiger partial charge in [0.05, 0.1) is 11.7 Å². The number of nitrogens with zero attached hydrogens (tertiary/aromatic N) is 2. The highest BCUT2D eigenvalue weighted by molar-refractivity contribution is 5.81. The average molecular weight is 258 g/mol. The van der Waals surface area contributed by atoms with Crippen LogP contribution in [0, 0.1) is 11.6 Å². The quantitative estimate of drug-likeness (QED) is 0.662. The number of carbonyl (C=O) groups excluding carboxylic acids is 1. The van der Waals surface area contributed by atoms with Crippen LogP contribution in [0.3, 0.4) is 0 Å². The van der Waals surface area contributed by atoms with Crippen molar-refractivity contribution in [3.05, 3.63) is 59.8 Å². The summed E-state index contributed by atoms with van der Waals surface area (Å²) in [5, 5.41) is 4.77. The number of hydrogen-bond acceptors (Lipinski definition) is 2. The smallest absolute Gasteiger partial charge is 0.152 e. The fraction of sp³-hybridized carbons (Fsp3) is 0. The summed E-state index contributed by atoms with van der Waals surface area (Å²) in [6, 6.07) is 9.07. The number of aromatic nitrogens is 2. The summed E-state index contributed by atoms with van der Waals surface area (Å²) in [5.74, 6) is -1.65. The van der Waals surface area contributed by atoms with Gasteiger partial charge >= 0.3 is 0 Å². The highest BCUT2D eigenvalue weighted by atomic mass is 19.1. The van der Waals surface area contributed by atoms with E-state index in [0.717, 1.165) is 17.5 Å². The van der Waals surface area contributed by atoms with Crippen LogP contribution in [0.2, 0.25) is 0 Å². The van der Waals surface area contributed by atoms with E-state index in [-0.39, 0.29) is 11.3 Å². The van der Waals surface area contributed by atoms with Crippen LogP contribution in [0.1, 0.15) is 10.4 Å². The molecule has 0 saturated heterocycles. The summed E-state index contributed by atoms with van der Waals surface area (Å²) in [5.41, 5.74) is 0.265. The zero-order chi connectivity index (χ0) is 13.4. The van der Waals surface area contributed by atoms with Gasteiger partial charge in [-0.05, 0) is 18.2 Å². The Morgan fingerprint density at radius 1 is 1.11 bits per heavy atom. The van der Waals surface area contributed by atoms with Gasteiger partial charge in [-0.15, -0.1) is 0 Å². The summed E-state index contributed by atoms with van der Waals surface area (Å²) in [6.45, 7) is 0. The van der Waals surface area contributed by atoms with Crippen LogP contribution in [0.4, 0.5) is 8.78 Å². The molecule has 94 valence electrons. The molecular formula is C14H8F2N2O. The van der Waals surface area contributed by atoms with E-state index in [1.165, 1.54) is 10.9 Å². The molecule has 3 nitrogen and oxygen atoms in total. The second kappa shape index (κ2) is 4.28. The van der Waals surface area contributed by atoms with Crippen LogP contribution in [0.25, 0.3) is 16.6 Å². The minimum Gasteiger partial charge on any atom is -0.298 e. The normalized spacial score (nSPS) is 10.8. The minimum atomic E-state index is -0.823. The van der Waals surface area contributed by atoms with E-state index in [4.69, 9.17) is 0 Å². The highest BCUT2D eigenvalue weighted by Crippen LogP contribution is 2.23. The first-order valence-electron chi connectivity index (χ1n) is 5.58. The first-order valence-corrected chi connectivity index (χ1v) is 5.58. The minimum absolute atomic E-state index is 0.0461. The van der Waals surface area contributed by atoms with Gasteiger partial charge in [0.2, 0.25) is 0 Å². The Labute approximate surface area is 107 Å². The standard InChI is InChI=1S/C14H8F2N2O/c15-11-5-9(8-19)6-12(16)14(11)18-13-4-2-1-3-10(13)7-17-18/h1-8H. The van der Waals surface area contributed by atoms with Crippen molar-refractivity contribution in [2.45, 2.75) is 0 Å². The number of benzene rings is 2. The molecule has 0 radical (unpaired) electrons. The van der Waals surface area contributed by atoms with Gasteiger partial charge in [0.15, 0.2) is 11.6 Å². The van der Waals surface area contributed by atoms with Crippen molar-refractivity contribution >= 4 is 17.2 Å². The molecular weight excluding hydrogens is 250 g/mol. The second-order valence-corrected chi connectivity index (χ2v) is 4.07. The van der Waals surface area contributed by atoms with Crippen LogP contribution in [0.15, 0.2) is 42.6 Å². The average Bonchev–Trinajstić information content (AvgIpc) is 2.82. The van der Waals surface area contributed by atoms with Crippen molar-refractivity contribution in [2.24, 2.45) is 0 Å². The van der Waals surface area contributed by atoms with Crippen LogP contribution in [-0.4, -0.2) is 16.1 Å². The van der Waals surface area contributed by atoms with Gasteiger partial charge in [-0.1, -0.05) is 18.2 Å². The SMILES string of the molecule is O=Cc1cc(F)c(-n2ncc3ccccc32)c(F)c1. The molecule has 3 rings (SSSR count). The van der Waals surface area contributed by atoms with Gasteiger partial charge in [0.25, 0.3) is 0 Å². The van der Waals surface area contributed by atoms with Crippen LogP contribution in [0.5, 0.6) is 0 Å². The lowest BCUT2D eigenvalue weighted by Gasteiger charge is -2.07. The van der Waals surface area contributed by atoms with Crippen LogP contribution >= 0.6 is 0 Å². The predicted octanol–water partition coefficient (Wildman–Crippen LogP) is 3.12. The van der Waals surface area contributed by atoms with E-state index >= 15 is 0 Å². The molecule has 0 aliphatic rings. The highest BCUT2D eigenvalue weighted by Gasteiger charge is 2.15. The maximum absolute atomic E-state index is 13.9. The van der Waals surface area contributed by atoms with Gasteiger partial charge < -0.3 is 0 Å². The monoisotopic (exact) mass is 258 g/mol. The van der Waals surface area contributed by atoms with Gasteiger partial charge in [-0.2, -0.15) is 5.10 Å². The van der Waals surface area contributed by atoms with Gasteiger partial charge in [-0.3, -0.25) is 4.79 Å². The van der Waals surface area contributed by atoms with E-state index < -0.39 is 11.6 Å². The number of carbonyl (C=O) groups is 1. The van der Waals surface area contributed by atoms with E-state index in [0.29, 0.717) is 11.8 Å². The number of hydrogen-bond donors (Lipinski definition) is 0. The first-order chi connectivity index (χ1) is 9.20. The topological polar surface area (TPSA) is 34.9 Å². The molecule has 0 aliphatic carbocycles. The van der Waals surface area contributed by atoms with Crippen molar-refractivity contribution in [1.29, 1.82) is 0 Å². The largest absolute Gasteiger partial charge is 0.298 e. The van der Waals surface area contributed by atoms with Crippen molar-refractivity contribution in [3.8, 4) is 5.69 Å². The Balaban J connectivity index is 2.30. The Bertz CT molecular complexity index is 757. The fourth-order valence-electron chi connectivity index (χ4n) is 2.01. The lowest BCUT2D eigenvalue weighted by molar-refractivity contribution is 0.112. The third-order valence-electron chi connectivity index (χ3n) is 2.86. The number of rotatable bonds is 2. The molecule has 0 N–H and O–H groups in total. The van der Waals surface area contributed by atoms with E-state index in [2.05, 4.69) is 5.10 Å². The molecule has 0 spiro atoms. The third-order valence-corrected chi connectivity index (χ3v) is 2.86. The maximum atomic E-state index is 13.9. The van der Waals surface area contributed by atoms with Crippen molar-refractivity contribution in [1.82, 2.24) is 9.78 Å². The Morgan fingerprint density at radius 2 is 1.79 bits per heavy atom. The van der Waals surface area contributed by atoms with E-state index in [9.17, 15) is 13.6 Å². The molecule has 0 bridgehead atoms. The van der Waals surface area contributed by atoms with Crippen molar-refractivity contribution < 1.29 is 13.6 Å². The molecule has 0 aliphatic heterocycles. The van der Waals surface area contributed by atoms with Gasteiger partial charge in [0.1, 0.15) is 12.0 Å². The number of halogens is 2. The van der Waals surface area contributed by atoms with Gasteiger partial charge in [-0.25, -0.2) is 13.5 Å². The lowest BCUT2D eigenvalue weighted by Crippen LogP contribution is -2.04. The lowest BCUT2D eigenvalue weighted by atomic mass is 10.2. The van der Waals surface area contributed by atoms with E-state index in [1.807, 2.05) is 6.07 Å². The molecule has 0 atom stereocenters. The molecule has 0 fully saturated rings. The summed E-state index contributed by atoms with van der Waals surface area (Å²) in [4.78, 5) is 10.6. The molecule has 19 heavy (non-hydrogen) atoms. The Hall–Kier alpha value is -2.56. The third kappa shape index (κ3) is 1.79. The molecule has 5 heteroatoms.